The molecule has 1 aliphatic rings. The molecule has 1 aromatic rings. The number of hydrogen-bond donors (Lipinski definition) is 1. The fourth-order valence-corrected chi connectivity index (χ4v) is 2.54. The number of ketones is 1. The summed E-state index contributed by atoms with van der Waals surface area (Å²) in [4.78, 5) is 11.3. The first-order valence-corrected chi connectivity index (χ1v) is 5.83. The second kappa shape index (κ2) is 4.62. The van der Waals surface area contributed by atoms with Crippen LogP contribution >= 0.6 is 11.8 Å². The number of rotatable bonds is 3. The van der Waals surface area contributed by atoms with Crippen molar-refractivity contribution in [3.05, 3.63) is 35.9 Å². The second-order valence-electron chi connectivity index (χ2n) is 3.33. The van der Waals surface area contributed by atoms with Crippen LogP contribution in [-0.2, 0) is 11.3 Å². The van der Waals surface area contributed by atoms with Crippen molar-refractivity contribution in [3.63, 3.8) is 0 Å². The molecule has 0 bridgehead atoms. The van der Waals surface area contributed by atoms with Gasteiger partial charge in [0.2, 0.25) is 0 Å². The summed E-state index contributed by atoms with van der Waals surface area (Å²) in [7, 11) is 0. The van der Waals surface area contributed by atoms with Crippen molar-refractivity contribution >= 4 is 17.5 Å². The fourth-order valence-electron chi connectivity index (χ4n) is 1.48. The van der Waals surface area contributed by atoms with Crippen LogP contribution in [0, 0.1) is 0 Å². The van der Waals surface area contributed by atoms with Crippen LogP contribution in [0.15, 0.2) is 30.3 Å². The van der Waals surface area contributed by atoms with Gasteiger partial charge in [-0.05, 0) is 5.56 Å². The van der Waals surface area contributed by atoms with Crippen LogP contribution in [0.25, 0.3) is 0 Å². The summed E-state index contributed by atoms with van der Waals surface area (Å²) in [5.41, 5.74) is 1.23. The quantitative estimate of drug-likeness (QED) is 0.819. The van der Waals surface area contributed by atoms with Crippen LogP contribution in [0.5, 0.6) is 0 Å². The van der Waals surface area contributed by atoms with Crippen LogP contribution in [0.2, 0.25) is 0 Å². The summed E-state index contributed by atoms with van der Waals surface area (Å²) in [6, 6.07) is 10.2. The minimum Gasteiger partial charge on any atom is -0.297 e. The predicted octanol–water partition coefficient (Wildman–Crippen LogP) is 1.81. The summed E-state index contributed by atoms with van der Waals surface area (Å²) in [6.45, 7) is 0.782. The highest BCUT2D eigenvalue weighted by molar-refractivity contribution is 8.01. The van der Waals surface area contributed by atoms with Crippen molar-refractivity contribution in [1.82, 2.24) is 5.32 Å². The molecule has 0 amide bonds. The Kier molecular flexibility index (Phi) is 3.22. The average Bonchev–Trinajstić information content (AvgIpc) is 2.63. The molecular formula is C11H13NOS. The Bertz CT molecular complexity index is 312. The molecule has 1 fully saturated rings. The lowest BCUT2D eigenvalue weighted by Gasteiger charge is -2.09. The predicted molar refractivity (Wildman–Crippen MR) is 59.2 cm³/mol. The van der Waals surface area contributed by atoms with Crippen molar-refractivity contribution in [2.24, 2.45) is 0 Å². The van der Waals surface area contributed by atoms with Gasteiger partial charge in [-0.2, -0.15) is 0 Å². The molecule has 0 aromatic heterocycles. The number of Topliss-reactive ketones (excluding diaryl/α,β-unsaturated/α-hetero) is 1. The van der Waals surface area contributed by atoms with Gasteiger partial charge >= 0.3 is 0 Å². The van der Waals surface area contributed by atoms with E-state index in [0.717, 1.165) is 18.7 Å². The second-order valence-corrected chi connectivity index (χ2v) is 4.55. The molecule has 1 saturated heterocycles. The molecule has 3 heteroatoms. The molecular weight excluding hydrogens is 194 g/mol. The molecule has 0 spiro atoms. The van der Waals surface area contributed by atoms with Crippen LogP contribution in [0.1, 0.15) is 12.0 Å². The lowest BCUT2D eigenvalue weighted by Crippen LogP contribution is -2.29. The SMILES string of the molecule is O=C1CCSC1NCc1ccccc1. The Morgan fingerprint density at radius 2 is 2.14 bits per heavy atom. The molecule has 1 aromatic carbocycles. The van der Waals surface area contributed by atoms with E-state index in [2.05, 4.69) is 17.4 Å². The Morgan fingerprint density at radius 1 is 1.36 bits per heavy atom. The molecule has 1 heterocycles. The molecule has 1 unspecified atom stereocenters. The first-order valence-electron chi connectivity index (χ1n) is 4.78. The van der Waals surface area contributed by atoms with Crippen molar-refractivity contribution in [2.75, 3.05) is 5.75 Å². The van der Waals surface area contributed by atoms with E-state index in [-0.39, 0.29) is 5.37 Å². The Morgan fingerprint density at radius 3 is 2.79 bits per heavy atom. The Balaban J connectivity index is 1.85. The molecule has 1 N–H and O–H groups in total. The molecule has 14 heavy (non-hydrogen) atoms. The van der Waals surface area contributed by atoms with Crippen LogP contribution < -0.4 is 5.32 Å². The highest BCUT2D eigenvalue weighted by Gasteiger charge is 2.23. The Labute approximate surface area is 88.1 Å². The van der Waals surface area contributed by atoms with E-state index in [1.54, 1.807) is 11.8 Å². The van der Waals surface area contributed by atoms with E-state index in [9.17, 15) is 4.79 Å². The van der Waals surface area contributed by atoms with Crippen molar-refractivity contribution < 1.29 is 4.79 Å². The van der Waals surface area contributed by atoms with E-state index < -0.39 is 0 Å². The fraction of sp³-hybridized carbons (Fsp3) is 0.364. The van der Waals surface area contributed by atoms with Gasteiger partial charge in [0.1, 0.15) is 5.37 Å². The van der Waals surface area contributed by atoms with Gasteiger partial charge < -0.3 is 0 Å². The number of benzene rings is 1. The van der Waals surface area contributed by atoms with Gasteiger partial charge in [-0.1, -0.05) is 30.3 Å². The lowest BCUT2D eigenvalue weighted by atomic mass is 10.2. The molecule has 1 aliphatic heterocycles. The summed E-state index contributed by atoms with van der Waals surface area (Å²) in [5.74, 6) is 1.30. The third kappa shape index (κ3) is 2.36. The normalized spacial score (nSPS) is 21.4. The van der Waals surface area contributed by atoms with E-state index in [4.69, 9.17) is 0 Å². The Hall–Kier alpha value is -0.800. The van der Waals surface area contributed by atoms with E-state index in [0.29, 0.717) is 5.78 Å². The van der Waals surface area contributed by atoms with Crippen LogP contribution in [0.4, 0.5) is 0 Å². The third-order valence-corrected chi connectivity index (χ3v) is 3.46. The third-order valence-electron chi connectivity index (χ3n) is 2.26. The minimum atomic E-state index is 0.0233. The maximum Gasteiger partial charge on any atom is 0.160 e. The molecule has 74 valence electrons. The smallest absolute Gasteiger partial charge is 0.160 e. The van der Waals surface area contributed by atoms with Gasteiger partial charge in [0, 0.05) is 18.7 Å². The first kappa shape index (κ1) is 9.74. The topological polar surface area (TPSA) is 29.1 Å². The maximum absolute atomic E-state index is 11.3. The van der Waals surface area contributed by atoms with Crippen molar-refractivity contribution in [1.29, 1.82) is 0 Å². The lowest BCUT2D eigenvalue weighted by molar-refractivity contribution is -0.118. The highest BCUT2D eigenvalue weighted by atomic mass is 32.2. The van der Waals surface area contributed by atoms with E-state index in [1.807, 2.05) is 18.2 Å². The first-order chi connectivity index (χ1) is 6.86. The zero-order valence-electron chi connectivity index (χ0n) is 7.90. The molecule has 0 saturated carbocycles. The van der Waals surface area contributed by atoms with Gasteiger partial charge in [0.05, 0.1) is 0 Å². The van der Waals surface area contributed by atoms with Crippen molar-refractivity contribution in [3.8, 4) is 0 Å². The van der Waals surface area contributed by atoms with Crippen LogP contribution in [-0.4, -0.2) is 16.9 Å². The number of carbonyl (C=O) groups excluding carboxylic acids is 1. The van der Waals surface area contributed by atoms with Crippen LogP contribution in [0.3, 0.4) is 0 Å². The summed E-state index contributed by atoms with van der Waals surface area (Å²) < 4.78 is 0. The largest absolute Gasteiger partial charge is 0.297 e. The standard InChI is InChI=1S/C11H13NOS/c13-10-6-7-14-11(10)12-8-9-4-2-1-3-5-9/h1-5,11-12H,6-8H2. The number of carbonyl (C=O) groups is 1. The molecule has 2 rings (SSSR count). The highest BCUT2D eigenvalue weighted by Crippen LogP contribution is 2.20. The summed E-state index contributed by atoms with van der Waals surface area (Å²) >= 11 is 1.71. The monoisotopic (exact) mass is 207 g/mol. The van der Waals surface area contributed by atoms with Gasteiger partial charge in [0.25, 0.3) is 0 Å². The molecule has 0 aliphatic carbocycles. The van der Waals surface area contributed by atoms with Gasteiger partial charge in [-0.25, -0.2) is 0 Å². The zero-order valence-corrected chi connectivity index (χ0v) is 8.72. The number of hydrogen-bond acceptors (Lipinski definition) is 3. The molecule has 1 atom stereocenters. The van der Waals surface area contributed by atoms with Gasteiger partial charge in [-0.15, -0.1) is 11.8 Å². The van der Waals surface area contributed by atoms with E-state index >= 15 is 0 Å². The number of thioether (sulfide) groups is 1. The average molecular weight is 207 g/mol. The molecule has 2 nitrogen and oxygen atoms in total. The van der Waals surface area contributed by atoms with Gasteiger partial charge in [0.15, 0.2) is 5.78 Å². The minimum absolute atomic E-state index is 0.0233. The van der Waals surface area contributed by atoms with E-state index in [1.165, 1.54) is 5.56 Å². The number of nitrogens with one attached hydrogen (secondary N) is 1. The summed E-state index contributed by atoms with van der Waals surface area (Å²) in [6.07, 6.45) is 0.719. The van der Waals surface area contributed by atoms with Gasteiger partial charge in [-0.3, -0.25) is 10.1 Å². The maximum atomic E-state index is 11.3. The zero-order chi connectivity index (χ0) is 9.80. The molecule has 0 radical (unpaired) electrons. The van der Waals surface area contributed by atoms with Crippen molar-refractivity contribution in [2.45, 2.75) is 18.3 Å². The summed E-state index contributed by atoms with van der Waals surface area (Å²) in [5, 5.41) is 3.28.